The number of nitrogens with one attached hydrogen (secondary N) is 1. The van der Waals surface area contributed by atoms with Crippen LogP contribution in [0.3, 0.4) is 0 Å². The van der Waals surface area contributed by atoms with E-state index in [1.165, 1.54) is 16.4 Å². The van der Waals surface area contributed by atoms with E-state index in [0.717, 1.165) is 35.8 Å². The van der Waals surface area contributed by atoms with Gasteiger partial charge in [-0.05, 0) is 54.8 Å². The fraction of sp³-hybridized carbons (Fsp3) is 0.438. The molecule has 4 rings (SSSR count). The Morgan fingerprint density at radius 3 is 2.43 bits per heavy atom. The van der Waals surface area contributed by atoms with Gasteiger partial charge in [-0.1, -0.05) is 74.7 Å². The second-order valence-corrected chi connectivity index (χ2v) is 11.5. The molecule has 12 heteroatoms. The maximum atomic E-state index is 13.1. The van der Waals surface area contributed by atoms with Crippen LogP contribution in [-0.2, 0) is 32.0 Å². The van der Waals surface area contributed by atoms with Crippen LogP contribution in [0.4, 0.5) is 9.59 Å². The summed E-state index contributed by atoms with van der Waals surface area (Å²) in [6.07, 6.45) is 3.76. The first-order valence-corrected chi connectivity index (χ1v) is 14.8. The van der Waals surface area contributed by atoms with Gasteiger partial charge < -0.3 is 19.5 Å². The molecular weight excluding hydrogens is 564 g/mol. The van der Waals surface area contributed by atoms with Gasteiger partial charge in [-0.2, -0.15) is 0 Å². The van der Waals surface area contributed by atoms with Gasteiger partial charge in [0.1, 0.15) is 12.2 Å². The molecule has 0 saturated heterocycles. The molecule has 1 amide bonds. The zero-order valence-corrected chi connectivity index (χ0v) is 25.9. The molecule has 0 unspecified atom stereocenters. The second-order valence-electron chi connectivity index (χ2n) is 11.5. The van der Waals surface area contributed by atoms with Crippen molar-refractivity contribution in [2.75, 3.05) is 7.11 Å². The fourth-order valence-electron chi connectivity index (χ4n) is 4.92. The maximum Gasteiger partial charge on any atom is 0.419 e. The number of para-hydroxylation sites is 1. The van der Waals surface area contributed by atoms with Crippen LogP contribution in [-0.4, -0.2) is 55.6 Å². The van der Waals surface area contributed by atoms with Crippen molar-refractivity contribution >= 4 is 29.1 Å². The topological polar surface area (TPSA) is 139 Å². The van der Waals surface area contributed by atoms with Crippen LogP contribution < -0.4 is 5.32 Å². The average Bonchev–Trinajstić information content (AvgIpc) is 3.63. The number of esters is 1. The molecule has 4 aromatic rings. The number of methoxy groups -OCH3 is 1. The molecule has 0 spiro atoms. The fourth-order valence-corrected chi connectivity index (χ4v) is 4.92. The molecule has 12 nitrogen and oxygen atoms in total. The highest BCUT2D eigenvalue weighted by molar-refractivity contribution is 5.92. The highest BCUT2D eigenvalue weighted by atomic mass is 16.6. The van der Waals surface area contributed by atoms with E-state index in [1.54, 1.807) is 27.0 Å². The quantitative estimate of drug-likeness (QED) is 0.119. The predicted octanol–water partition coefficient (Wildman–Crippen LogP) is 5.92. The van der Waals surface area contributed by atoms with E-state index in [9.17, 15) is 14.4 Å². The molecule has 0 radical (unpaired) electrons. The lowest BCUT2D eigenvalue weighted by atomic mass is 10.0. The monoisotopic (exact) mass is 604 g/mol. The molecule has 2 aromatic carbocycles. The zero-order valence-electron chi connectivity index (χ0n) is 25.9. The summed E-state index contributed by atoms with van der Waals surface area (Å²) in [4.78, 5) is 39.2. The molecule has 0 bridgehead atoms. The molecule has 44 heavy (non-hydrogen) atoms. The van der Waals surface area contributed by atoms with Gasteiger partial charge in [0.2, 0.25) is 0 Å². The first kappa shape index (κ1) is 32.2. The Morgan fingerprint density at radius 1 is 1.00 bits per heavy atom. The summed E-state index contributed by atoms with van der Waals surface area (Å²) in [5.74, 6) is -0.232. The van der Waals surface area contributed by atoms with E-state index >= 15 is 0 Å². The number of unbranched alkanes of at least 4 members (excludes halogenated alkanes) is 2. The zero-order chi connectivity index (χ0) is 31.7. The van der Waals surface area contributed by atoms with E-state index < -0.39 is 35.8 Å². The van der Waals surface area contributed by atoms with Crippen molar-refractivity contribution in [2.45, 2.75) is 84.1 Å². The highest BCUT2D eigenvalue weighted by Crippen LogP contribution is 2.29. The van der Waals surface area contributed by atoms with Gasteiger partial charge in [0.25, 0.3) is 0 Å². The summed E-state index contributed by atoms with van der Waals surface area (Å²) in [5, 5.41) is 15.9. The second kappa shape index (κ2) is 14.6. The number of hydrogen-bond acceptors (Lipinski definition) is 9. The number of ether oxygens (including phenoxy) is 3. The molecule has 2 heterocycles. The predicted molar refractivity (Wildman–Crippen MR) is 163 cm³/mol. The largest absolute Gasteiger partial charge is 0.467 e. The summed E-state index contributed by atoms with van der Waals surface area (Å²) >= 11 is 0. The number of carbonyl (C=O) groups excluding carboxylic acids is 3. The number of nitrogens with zero attached hydrogens (tertiary/aromatic N) is 5. The van der Waals surface area contributed by atoms with Gasteiger partial charge in [0.05, 0.1) is 18.7 Å². The van der Waals surface area contributed by atoms with Gasteiger partial charge in [0.15, 0.2) is 11.9 Å². The summed E-state index contributed by atoms with van der Waals surface area (Å²) in [7, 11) is 1.32. The van der Waals surface area contributed by atoms with Crippen molar-refractivity contribution in [3.63, 3.8) is 0 Å². The number of tetrazole rings is 1. The lowest BCUT2D eigenvalue weighted by molar-refractivity contribution is -0.145. The van der Waals surface area contributed by atoms with E-state index in [-0.39, 0.29) is 18.9 Å². The molecule has 2 atom stereocenters. The van der Waals surface area contributed by atoms with Crippen LogP contribution >= 0.6 is 0 Å². The normalized spacial score (nSPS) is 12.8. The van der Waals surface area contributed by atoms with E-state index in [4.69, 9.17) is 14.2 Å². The number of carbonyl (C=O) groups is 3. The molecule has 0 aliphatic carbocycles. The van der Waals surface area contributed by atoms with E-state index in [0.29, 0.717) is 11.9 Å². The van der Waals surface area contributed by atoms with Crippen LogP contribution in [0.15, 0.2) is 60.8 Å². The Kier molecular flexibility index (Phi) is 10.7. The van der Waals surface area contributed by atoms with Crippen LogP contribution in [0, 0.1) is 0 Å². The minimum atomic E-state index is -0.829. The third kappa shape index (κ3) is 8.21. The maximum absolute atomic E-state index is 13.1. The number of benzene rings is 2. The van der Waals surface area contributed by atoms with E-state index in [2.05, 4.69) is 27.8 Å². The van der Waals surface area contributed by atoms with Gasteiger partial charge in [0, 0.05) is 18.0 Å². The Morgan fingerprint density at radius 2 is 1.73 bits per heavy atom. The number of fused-ring (bicyclic) bond motifs is 1. The third-order valence-corrected chi connectivity index (χ3v) is 6.99. The average molecular weight is 605 g/mol. The molecule has 0 saturated carbocycles. The van der Waals surface area contributed by atoms with Crippen LogP contribution in [0.25, 0.3) is 10.9 Å². The molecule has 0 aliphatic heterocycles. The van der Waals surface area contributed by atoms with Gasteiger partial charge in [-0.25, -0.2) is 19.1 Å². The van der Waals surface area contributed by atoms with Gasteiger partial charge in [-0.15, -0.1) is 5.10 Å². The van der Waals surface area contributed by atoms with Crippen LogP contribution in [0.2, 0.25) is 0 Å². The van der Waals surface area contributed by atoms with E-state index in [1.807, 2.05) is 54.6 Å². The number of hydrogen-bond donors (Lipinski definition) is 1. The van der Waals surface area contributed by atoms with Crippen molar-refractivity contribution in [1.82, 2.24) is 30.1 Å². The van der Waals surface area contributed by atoms with Crippen LogP contribution in [0.1, 0.15) is 82.4 Å². The lowest BCUT2D eigenvalue weighted by Crippen LogP contribution is -2.34. The third-order valence-electron chi connectivity index (χ3n) is 6.99. The van der Waals surface area contributed by atoms with Crippen molar-refractivity contribution in [2.24, 2.45) is 0 Å². The minimum Gasteiger partial charge on any atom is -0.467 e. The molecule has 2 aromatic heterocycles. The summed E-state index contributed by atoms with van der Waals surface area (Å²) in [6, 6.07) is 15.1. The van der Waals surface area contributed by atoms with Crippen molar-refractivity contribution < 1.29 is 28.6 Å². The Balaban J connectivity index is 1.70. The number of amides is 1. The number of alkyl carbamates (subject to hydrolysis) is 1. The molecule has 0 fully saturated rings. The van der Waals surface area contributed by atoms with Crippen LogP contribution in [0.5, 0.6) is 0 Å². The van der Waals surface area contributed by atoms with Gasteiger partial charge >= 0.3 is 18.2 Å². The smallest absolute Gasteiger partial charge is 0.419 e. The highest BCUT2D eigenvalue weighted by Gasteiger charge is 2.31. The Labute approximate surface area is 256 Å². The molecular formula is C32H40N6O6. The molecule has 1 N–H and O–H groups in total. The molecule has 234 valence electrons. The van der Waals surface area contributed by atoms with Crippen molar-refractivity contribution in [3.05, 3.63) is 77.7 Å². The number of aromatic nitrogens is 5. The van der Waals surface area contributed by atoms with Gasteiger partial charge in [-0.3, -0.25) is 4.57 Å². The Hall–Kier alpha value is -4.74. The van der Waals surface area contributed by atoms with Crippen molar-refractivity contribution in [3.8, 4) is 0 Å². The summed E-state index contributed by atoms with van der Waals surface area (Å²) in [6.45, 7) is 7.54. The standard InChI is InChI=1S/C32H40N6O6/c1-6-7-9-18-27(29(39)42-5)38-28(34-35-36-38)25(33-30(40)43-21-22-14-10-8-11-15-22)19-23-20-37(31(41)44-32(2,3)4)26-17-13-12-16-24(23)26/h8,10-17,20,25,27H,6-7,9,18-19,21H2,1-5H3,(H,33,40)/t25-,27-/m0/s1. The number of rotatable bonds is 12. The Bertz CT molecular complexity index is 1560. The first-order chi connectivity index (χ1) is 21.1. The first-order valence-electron chi connectivity index (χ1n) is 14.8. The SMILES string of the molecule is CCCCC[C@@H](C(=O)OC)n1nnnc1[C@H](Cc1cn(C(=O)OC(C)(C)C)c2ccccc12)NC(=O)OCc1ccccc1. The summed E-state index contributed by atoms with van der Waals surface area (Å²) in [5.41, 5.74) is 1.51. The minimum absolute atomic E-state index is 0.0596. The van der Waals surface area contributed by atoms with Crippen molar-refractivity contribution in [1.29, 1.82) is 0 Å². The lowest BCUT2D eigenvalue weighted by Gasteiger charge is -2.21. The molecule has 0 aliphatic rings. The summed E-state index contributed by atoms with van der Waals surface area (Å²) < 4.78 is 19.1.